The number of carbonyl (C=O) groups excluding carboxylic acids is 1. The second-order valence-electron chi connectivity index (χ2n) is 9.80. The molecule has 0 saturated carbocycles. The number of nitrogen functional groups attached to an aromatic ring is 1. The molecular formula is C24H31F3N10O3. The van der Waals surface area contributed by atoms with Crippen LogP contribution in [0.25, 0.3) is 22.6 Å². The molecule has 2 saturated heterocycles. The van der Waals surface area contributed by atoms with E-state index in [-0.39, 0.29) is 54.6 Å². The number of halogens is 3. The zero-order valence-electron chi connectivity index (χ0n) is 22.2. The van der Waals surface area contributed by atoms with E-state index in [0.717, 1.165) is 4.57 Å². The van der Waals surface area contributed by atoms with E-state index in [1.807, 2.05) is 11.8 Å². The number of hydrogen-bond acceptors (Lipinski definition) is 11. The first-order chi connectivity index (χ1) is 19.1. The summed E-state index contributed by atoms with van der Waals surface area (Å²) in [5, 5.41) is 9.83. The van der Waals surface area contributed by atoms with Gasteiger partial charge in [-0.3, -0.25) is 9.36 Å². The minimum Gasteiger partial charge on any atom is -0.384 e. The average molecular weight is 565 g/mol. The maximum atomic E-state index is 14.0. The van der Waals surface area contributed by atoms with Crippen LogP contribution >= 0.6 is 0 Å². The van der Waals surface area contributed by atoms with Gasteiger partial charge in [0.2, 0.25) is 11.9 Å². The Labute approximate surface area is 227 Å². The van der Waals surface area contributed by atoms with Gasteiger partial charge in [0.05, 0.1) is 18.8 Å². The van der Waals surface area contributed by atoms with Gasteiger partial charge in [0, 0.05) is 51.2 Å². The van der Waals surface area contributed by atoms with Crippen LogP contribution in [0.4, 0.5) is 30.9 Å². The largest absolute Gasteiger partial charge is 0.406 e. The fourth-order valence-electron chi connectivity index (χ4n) is 5.04. The van der Waals surface area contributed by atoms with Crippen LogP contribution in [0.15, 0.2) is 12.4 Å². The van der Waals surface area contributed by atoms with Crippen molar-refractivity contribution in [2.75, 3.05) is 61.5 Å². The second kappa shape index (κ2) is 11.0. The molecule has 0 spiro atoms. The van der Waals surface area contributed by atoms with Crippen LogP contribution in [0.3, 0.4) is 0 Å². The molecule has 5 heterocycles. The molecule has 16 heteroatoms. The third-order valence-corrected chi connectivity index (χ3v) is 7.01. The number of piperazine rings is 1. The van der Waals surface area contributed by atoms with Crippen LogP contribution in [-0.4, -0.2) is 110 Å². The highest BCUT2D eigenvalue weighted by molar-refractivity contribution is 5.88. The van der Waals surface area contributed by atoms with Crippen molar-refractivity contribution >= 4 is 34.8 Å². The van der Waals surface area contributed by atoms with Crippen LogP contribution in [0.2, 0.25) is 0 Å². The highest BCUT2D eigenvalue weighted by Gasteiger charge is 2.37. The normalized spacial score (nSPS) is 19.4. The van der Waals surface area contributed by atoms with Gasteiger partial charge in [-0.2, -0.15) is 13.2 Å². The lowest BCUT2D eigenvalue weighted by molar-refractivity contribution is -0.142. The van der Waals surface area contributed by atoms with Crippen molar-refractivity contribution in [3.8, 4) is 11.4 Å². The van der Waals surface area contributed by atoms with Crippen LogP contribution < -0.4 is 15.5 Å². The van der Waals surface area contributed by atoms with E-state index in [4.69, 9.17) is 15.5 Å². The molecule has 40 heavy (non-hydrogen) atoms. The lowest BCUT2D eigenvalue weighted by Crippen LogP contribution is -2.57. The number of amides is 1. The number of ether oxygens (including phenoxy) is 1. The number of aliphatic hydroxyl groups excluding tert-OH is 1. The van der Waals surface area contributed by atoms with Crippen molar-refractivity contribution in [3.63, 3.8) is 0 Å². The number of aliphatic hydroxyl groups is 1. The van der Waals surface area contributed by atoms with Gasteiger partial charge >= 0.3 is 6.18 Å². The lowest BCUT2D eigenvalue weighted by Gasteiger charge is -2.42. The van der Waals surface area contributed by atoms with Crippen molar-refractivity contribution < 1.29 is 27.8 Å². The highest BCUT2D eigenvalue weighted by Crippen LogP contribution is 2.34. The summed E-state index contributed by atoms with van der Waals surface area (Å²) in [6.45, 7) is 4.49. The summed E-state index contributed by atoms with van der Waals surface area (Å²) in [5.41, 5.74) is 6.27. The minimum absolute atomic E-state index is 0.0196. The van der Waals surface area contributed by atoms with E-state index in [1.165, 1.54) is 19.3 Å². The zero-order chi connectivity index (χ0) is 28.6. The Morgan fingerprint density at radius 2 is 1.82 bits per heavy atom. The number of hydrogen-bond donors (Lipinski definition) is 2. The van der Waals surface area contributed by atoms with Crippen LogP contribution in [0, 0.1) is 0 Å². The fourth-order valence-corrected chi connectivity index (χ4v) is 5.04. The summed E-state index contributed by atoms with van der Waals surface area (Å²) in [5.74, 6) is 0.247. The Bertz CT molecular complexity index is 1360. The molecule has 0 aliphatic carbocycles. The highest BCUT2D eigenvalue weighted by atomic mass is 19.4. The van der Waals surface area contributed by atoms with E-state index in [2.05, 4.69) is 19.9 Å². The Balaban J connectivity index is 1.65. The van der Waals surface area contributed by atoms with Gasteiger partial charge in [-0.15, -0.1) is 0 Å². The van der Waals surface area contributed by atoms with Crippen LogP contribution in [0.1, 0.15) is 20.3 Å². The molecule has 3 aromatic heterocycles. The number of nitrogens with two attached hydrogens (primary N) is 1. The second-order valence-corrected chi connectivity index (χ2v) is 9.80. The molecule has 3 N–H and O–H groups in total. The molecule has 3 aromatic rings. The summed E-state index contributed by atoms with van der Waals surface area (Å²) in [7, 11) is 0. The van der Waals surface area contributed by atoms with Gasteiger partial charge in [-0.25, -0.2) is 24.9 Å². The van der Waals surface area contributed by atoms with Gasteiger partial charge in [0.15, 0.2) is 22.8 Å². The smallest absolute Gasteiger partial charge is 0.384 e. The molecule has 5 rings (SSSR count). The predicted molar refractivity (Wildman–Crippen MR) is 140 cm³/mol. The number of imidazole rings is 1. The van der Waals surface area contributed by atoms with E-state index in [9.17, 15) is 23.1 Å². The molecule has 13 nitrogen and oxygen atoms in total. The first kappa shape index (κ1) is 27.8. The van der Waals surface area contributed by atoms with Gasteiger partial charge in [0.1, 0.15) is 12.6 Å². The number of nitrogens with zero attached hydrogens (tertiary/aromatic N) is 9. The van der Waals surface area contributed by atoms with E-state index in [1.54, 1.807) is 9.80 Å². The molecule has 216 valence electrons. The number of aromatic nitrogens is 6. The number of morpholine rings is 1. The molecule has 0 aromatic carbocycles. The van der Waals surface area contributed by atoms with Crippen molar-refractivity contribution in [1.29, 1.82) is 0 Å². The van der Waals surface area contributed by atoms with Crippen molar-refractivity contribution in [2.45, 2.75) is 45.1 Å². The zero-order valence-corrected chi connectivity index (χ0v) is 22.2. The SMILES string of the molecule is CC[C@@H]1CN(c2nc3c(N4CCOCC4)nc(-c4cnc(N)nc4)nc3n2CC(F)(F)F)CCN1C(=O)[C@H](C)O. The van der Waals surface area contributed by atoms with Gasteiger partial charge in [0.25, 0.3) is 5.91 Å². The molecular weight excluding hydrogens is 533 g/mol. The van der Waals surface area contributed by atoms with E-state index in [0.29, 0.717) is 44.1 Å². The monoisotopic (exact) mass is 564 g/mol. The molecule has 0 radical (unpaired) electrons. The topological polar surface area (TPSA) is 152 Å². The maximum absolute atomic E-state index is 14.0. The third-order valence-electron chi connectivity index (χ3n) is 7.01. The molecule has 2 fully saturated rings. The Morgan fingerprint density at radius 3 is 2.45 bits per heavy atom. The first-order valence-electron chi connectivity index (χ1n) is 13.0. The predicted octanol–water partition coefficient (Wildman–Crippen LogP) is 1.07. The minimum atomic E-state index is -4.56. The third kappa shape index (κ3) is 5.58. The summed E-state index contributed by atoms with van der Waals surface area (Å²) < 4.78 is 48.4. The summed E-state index contributed by atoms with van der Waals surface area (Å²) in [6.07, 6.45) is -2.35. The number of rotatable bonds is 6. The molecule has 1 amide bonds. The summed E-state index contributed by atoms with van der Waals surface area (Å²) in [6, 6.07) is -0.317. The lowest BCUT2D eigenvalue weighted by atomic mass is 10.1. The van der Waals surface area contributed by atoms with Crippen molar-refractivity contribution in [1.82, 2.24) is 34.4 Å². The van der Waals surface area contributed by atoms with Gasteiger partial charge < -0.3 is 30.3 Å². The molecule has 2 atom stereocenters. The average Bonchev–Trinajstić information content (AvgIpc) is 3.29. The van der Waals surface area contributed by atoms with Crippen molar-refractivity contribution in [2.24, 2.45) is 0 Å². The fraction of sp³-hybridized carbons (Fsp3) is 0.583. The Morgan fingerprint density at radius 1 is 1.12 bits per heavy atom. The van der Waals surface area contributed by atoms with Gasteiger partial charge in [-0.05, 0) is 13.3 Å². The number of anilines is 3. The van der Waals surface area contributed by atoms with Gasteiger partial charge in [-0.1, -0.05) is 6.92 Å². The van der Waals surface area contributed by atoms with E-state index >= 15 is 0 Å². The number of carbonyl (C=O) groups is 1. The maximum Gasteiger partial charge on any atom is 0.406 e. The quantitative estimate of drug-likeness (QED) is 0.442. The molecule has 2 aliphatic heterocycles. The summed E-state index contributed by atoms with van der Waals surface area (Å²) in [4.78, 5) is 39.7. The standard InChI is InChI=1S/C24H31F3N10O3/c1-3-16-12-35(4-5-36(16)21(39)14(2)38)23-31-17-19(34-6-8-40-9-7-34)32-18(15-10-29-22(28)30-11-15)33-20(17)37(23)13-24(25,26)27/h10-11,14,16,38H,3-9,12-13H2,1-2H3,(H2,28,29,30)/t14-,16+/m0/s1. The Kier molecular flexibility index (Phi) is 7.63. The van der Waals surface area contributed by atoms with Crippen LogP contribution in [-0.2, 0) is 16.1 Å². The number of alkyl halides is 3. The number of fused-ring (bicyclic) bond motifs is 1. The summed E-state index contributed by atoms with van der Waals surface area (Å²) >= 11 is 0. The van der Waals surface area contributed by atoms with E-state index < -0.39 is 24.7 Å². The molecule has 0 bridgehead atoms. The van der Waals surface area contributed by atoms with Crippen molar-refractivity contribution in [3.05, 3.63) is 12.4 Å². The Hall–Kier alpha value is -3.79. The molecule has 0 unspecified atom stereocenters. The first-order valence-corrected chi connectivity index (χ1v) is 13.0. The van der Waals surface area contributed by atoms with Crippen LogP contribution in [0.5, 0.6) is 0 Å². The molecule has 2 aliphatic rings.